The Balaban J connectivity index is 1.93. The van der Waals surface area contributed by atoms with Crippen molar-refractivity contribution in [3.63, 3.8) is 0 Å². The number of allylic oxidation sites excluding steroid dienone is 1. The highest BCUT2D eigenvalue weighted by Gasteiger charge is 2.33. The van der Waals surface area contributed by atoms with Crippen molar-refractivity contribution in [2.24, 2.45) is 4.99 Å². The number of fused-ring (bicyclic) bond motifs is 1. The Morgan fingerprint density at radius 2 is 1.86 bits per heavy atom. The number of aromatic nitrogens is 1. The quantitative estimate of drug-likeness (QED) is 0.344. The first-order valence-electron chi connectivity index (χ1n) is 11.4. The van der Waals surface area contributed by atoms with Crippen molar-refractivity contribution in [2.45, 2.75) is 37.8 Å². The number of thioether (sulfide) groups is 1. The SMILES string of the molecule is COc1ccc(C=c2sc3n(c2=O)C(c2ccc(SC)cc2)C(C(=O)OC(C)C)=C(C)N=3)c(OC)c1. The molecule has 0 N–H and O–H groups in total. The van der Waals surface area contributed by atoms with E-state index in [0.29, 0.717) is 32.1 Å². The topological polar surface area (TPSA) is 79.1 Å². The average Bonchev–Trinajstić information content (AvgIpc) is 3.17. The molecule has 0 spiro atoms. The summed E-state index contributed by atoms with van der Waals surface area (Å²) in [5, 5.41) is 0. The summed E-state index contributed by atoms with van der Waals surface area (Å²) >= 11 is 2.90. The zero-order chi connectivity index (χ0) is 26.0. The standard InChI is InChI=1S/C27H28N2O5S2/c1-15(2)34-26(31)23-16(3)28-27-29(24(23)17-8-11-20(35-6)12-9-17)25(30)22(36-27)13-18-7-10-19(32-4)14-21(18)33-5/h7-15,24H,1-6H3. The molecular weight excluding hydrogens is 496 g/mol. The maximum absolute atomic E-state index is 13.8. The van der Waals surface area contributed by atoms with Crippen molar-refractivity contribution in [1.82, 2.24) is 4.57 Å². The molecule has 36 heavy (non-hydrogen) atoms. The second-order valence-electron chi connectivity index (χ2n) is 8.42. The number of hydrogen-bond acceptors (Lipinski definition) is 8. The van der Waals surface area contributed by atoms with Crippen LogP contribution in [0.5, 0.6) is 11.5 Å². The molecule has 1 aliphatic heterocycles. The summed E-state index contributed by atoms with van der Waals surface area (Å²) < 4.78 is 18.4. The minimum Gasteiger partial charge on any atom is -0.497 e. The fourth-order valence-electron chi connectivity index (χ4n) is 4.04. The van der Waals surface area contributed by atoms with Gasteiger partial charge in [0.05, 0.1) is 42.2 Å². The highest BCUT2D eigenvalue weighted by Crippen LogP contribution is 2.32. The largest absolute Gasteiger partial charge is 0.497 e. The first kappa shape index (κ1) is 25.8. The van der Waals surface area contributed by atoms with Gasteiger partial charge in [-0.25, -0.2) is 9.79 Å². The maximum atomic E-state index is 13.8. The van der Waals surface area contributed by atoms with Gasteiger partial charge in [0, 0.05) is 16.5 Å². The average molecular weight is 525 g/mol. The number of nitrogens with zero attached hydrogens (tertiary/aromatic N) is 2. The van der Waals surface area contributed by atoms with Gasteiger partial charge in [-0.15, -0.1) is 11.8 Å². The molecule has 2 aromatic carbocycles. The lowest BCUT2D eigenvalue weighted by Gasteiger charge is -2.25. The smallest absolute Gasteiger partial charge is 0.338 e. The summed E-state index contributed by atoms with van der Waals surface area (Å²) in [4.78, 5) is 33.2. The molecular formula is C27H28N2O5S2. The molecule has 9 heteroatoms. The predicted octanol–water partition coefficient (Wildman–Crippen LogP) is 3.93. The van der Waals surface area contributed by atoms with Gasteiger partial charge >= 0.3 is 5.97 Å². The Bertz CT molecular complexity index is 1500. The van der Waals surface area contributed by atoms with Crippen LogP contribution in [0.3, 0.4) is 0 Å². The van der Waals surface area contributed by atoms with Crippen LogP contribution >= 0.6 is 23.1 Å². The van der Waals surface area contributed by atoms with E-state index in [1.54, 1.807) is 63.5 Å². The van der Waals surface area contributed by atoms with Gasteiger partial charge in [0.15, 0.2) is 4.80 Å². The van der Waals surface area contributed by atoms with Gasteiger partial charge < -0.3 is 14.2 Å². The fraction of sp³-hybridized carbons (Fsp3) is 0.296. The number of hydrogen-bond donors (Lipinski definition) is 0. The van der Waals surface area contributed by atoms with Gasteiger partial charge in [0.1, 0.15) is 11.5 Å². The number of ether oxygens (including phenoxy) is 3. The van der Waals surface area contributed by atoms with Crippen LogP contribution in [0.4, 0.5) is 0 Å². The summed E-state index contributed by atoms with van der Waals surface area (Å²) in [6, 6.07) is 12.6. The lowest BCUT2D eigenvalue weighted by atomic mass is 9.96. The number of carbonyl (C=O) groups is 1. The third kappa shape index (κ3) is 4.99. The van der Waals surface area contributed by atoms with Gasteiger partial charge in [0.2, 0.25) is 0 Å². The van der Waals surface area contributed by atoms with Crippen LogP contribution in [0.1, 0.15) is 37.9 Å². The normalized spacial score (nSPS) is 15.5. The molecule has 0 saturated carbocycles. The summed E-state index contributed by atoms with van der Waals surface area (Å²) in [5.41, 5.74) is 2.21. The van der Waals surface area contributed by atoms with Crippen LogP contribution in [0, 0.1) is 0 Å². The minimum atomic E-state index is -0.650. The number of benzene rings is 2. The van der Waals surface area contributed by atoms with Gasteiger partial charge in [-0.2, -0.15) is 0 Å². The van der Waals surface area contributed by atoms with E-state index < -0.39 is 12.0 Å². The zero-order valence-corrected chi connectivity index (χ0v) is 22.7. The molecule has 0 saturated heterocycles. The Morgan fingerprint density at radius 1 is 1.14 bits per heavy atom. The molecule has 0 bridgehead atoms. The van der Waals surface area contributed by atoms with E-state index in [1.165, 1.54) is 11.3 Å². The van der Waals surface area contributed by atoms with E-state index in [-0.39, 0.29) is 11.7 Å². The summed E-state index contributed by atoms with van der Waals surface area (Å²) in [5.74, 6) is 0.765. The van der Waals surface area contributed by atoms with Gasteiger partial charge in [-0.05, 0) is 62.9 Å². The van der Waals surface area contributed by atoms with Crippen LogP contribution in [0.15, 0.2) is 68.4 Å². The Hall–Kier alpha value is -3.30. The number of carbonyl (C=O) groups excluding carboxylic acids is 1. The maximum Gasteiger partial charge on any atom is 0.338 e. The van der Waals surface area contributed by atoms with Gasteiger partial charge in [0.25, 0.3) is 5.56 Å². The highest BCUT2D eigenvalue weighted by atomic mass is 32.2. The van der Waals surface area contributed by atoms with Gasteiger partial charge in [-0.1, -0.05) is 23.5 Å². The van der Waals surface area contributed by atoms with Crippen LogP contribution in [0.25, 0.3) is 6.08 Å². The van der Waals surface area contributed by atoms with Crippen molar-refractivity contribution in [3.8, 4) is 11.5 Å². The molecule has 188 valence electrons. The Kier molecular flexibility index (Phi) is 7.70. The minimum absolute atomic E-state index is 0.238. The van der Waals surface area contributed by atoms with Crippen LogP contribution in [-0.2, 0) is 9.53 Å². The highest BCUT2D eigenvalue weighted by molar-refractivity contribution is 7.98. The number of esters is 1. The van der Waals surface area contributed by atoms with E-state index in [9.17, 15) is 9.59 Å². The van der Waals surface area contributed by atoms with Crippen molar-refractivity contribution < 1.29 is 19.0 Å². The Labute approximate surface area is 217 Å². The Morgan fingerprint density at radius 3 is 2.47 bits per heavy atom. The van der Waals surface area contributed by atoms with Crippen molar-refractivity contribution in [2.75, 3.05) is 20.5 Å². The third-order valence-electron chi connectivity index (χ3n) is 5.74. The first-order chi connectivity index (χ1) is 17.3. The monoisotopic (exact) mass is 524 g/mol. The molecule has 0 fully saturated rings. The number of methoxy groups -OCH3 is 2. The van der Waals surface area contributed by atoms with E-state index in [4.69, 9.17) is 14.2 Å². The first-order valence-corrected chi connectivity index (χ1v) is 13.4. The predicted molar refractivity (Wildman–Crippen MR) is 143 cm³/mol. The molecule has 0 aliphatic carbocycles. The third-order valence-corrected chi connectivity index (χ3v) is 7.47. The number of thiazole rings is 1. The molecule has 1 unspecified atom stereocenters. The molecule has 3 aromatic rings. The van der Waals surface area contributed by atoms with Crippen molar-refractivity contribution in [3.05, 3.63) is 84.5 Å². The van der Waals surface area contributed by atoms with E-state index in [0.717, 1.165) is 16.0 Å². The second kappa shape index (κ2) is 10.8. The summed E-state index contributed by atoms with van der Waals surface area (Å²) in [7, 11) is 3.16. The van der Waals surface area contributed by atoms with Crippen molar-refractivity contribution >= 4 is 35.1 Å². The van der Waals surface area contributed by atoms with Gasteiger partial charge in [-0.3, -0.25) is 9.36 Å². The molecule has 4 rings (SSSR count). The van der Waals surface area contributed by atoms with E-state index >= 15 is 0 Å². The lowest BCUT2D eigenvalue weighted by Crippen LogP contribution is -2.40. The summed E-state index contributed by atoms with van der Waals surface area (Å²) in [6.45, 7) is 5.38. The molecule has 7 nitrogen and oxygen atoms in total. The molecule has 1 atom stereocenters. The van der Waals surface area contributed by atoms with Crippen molar-refractivity contribution in [1.29, 1.82) is 0 Å². The molecule has 2 heterocycles. The molecule has 0 amide bonds. The second-order valence-corrected chi connectivity index (χ2v) is 10.3. The van der Waals surface area contributed by atoms with E-state index in [1.807, 2.05) is 42.7 Å². The lowest BCUT2D eigenvalue weighted by molar-refractivity contribution is -0.143. The fourth-order valence-corrected chi connectivity index (χ4v) is 5.49. The van der Waals surface area contributed by atoms with E-state index in [2.05, 4.69) is 4.99 Å². The van der Waals surface area contributed by atoms with Crippen LogP contribution in [0.2, 0.25) is 0 Å². The summed E-state index contributed by atoms with van der Waals surface area (Å²) in [6.07, 6.45) is 3.48. The number of rotatable bonds is 7. The van der Waals surface area contributed by atoms with Crippen LogP contribution in [-0.4, -0.2) is 37.1 Å². The molecule has 1 aromatic heterocycles. The molecule has 1 aliphatic rings. The van der Waals surface area contributed by atoms with Crippen LogP contribution < -0.4 is 24.4 Å². The zero-order valence-electron chi connectivity index (χ0n) is 21.0. The molecule has 0 radical (unpaired) electrons.